The Labute approximate surface area is 137 Å². The van der Waals surface area contributed by atoms with Gasteiger partial charge in [-0.2, -0.15) is 0 Å². The second-order valence-corrected chi connectivity index (χ2v) is 7.08. The molecule has 0 unspecified atom stereocenters. The lowest BCUT2D eigenvalue weighted by Crippen LogP contribution is -2.33. The monoisotopic (exact) mass is 313 g/mol. The highest BCUT2D eigenvalue weighted by Crippen LogP contribution is 2.24. The van der Waals surface area contributed by atoms with Crippen LogP contribution in [0.4, 0.5) is 0 Å². The van der Waals surface area contributed by atoms with E-state index in [-0.39, 0.29) is 17.2 Å². The molecular formula is C19H23NOS. The van der Waals surface area contributed by atoms with Crippen LogP contribution in [-0.2, 0) is 4.79 Å². The van der Waals surface area contributed by atoms with Crippen molar-refractivity contribution in [2.24, 2.45) is 0 Å². The first-order valence-electron chi connectivity index (χ1n) is 7.56. The normalized spacial score (nSPS) is 13.5. The predicted molar refractivity (Wildman–Crippen MR) is 94.2 cm³/mol. The van der Waals surface area contributed by atoms with Gasteiger partial charge in [-0.25, -0.2) is 0 Å². The van der Waals surface area contributed by atoms with Crippen molar-refractivity contribution in [3.05, 3.63) is 65.2 Å². The number of carbonyl (C=O) groups is 1. The molecule has 2 atom stereocenters. The fraction of sp³-hybridized carbons (Fsp3) is 0.316. The third-order valence-electron chi connectivity index (χ3n) is 3.68. The summed E-state index contributed by atoms with van der Waals surface area (Å²) in [6.45, 7) is 8.16. The minimum absolute atomic E-state index is 0.0203. The molecule has 0 saturated heterocycles. The number of nitrogens with one attached hydrogen (secondary N) is 1. The molecule has 2 nitrogen and oxygen atoms in total. The molecule has 0 aromatic heterocycles. The van der Waals surface area contributed by atoms with Crippen molar-refractivity contribution in [1.82, 2.24) is 5.32 Å². The van der Waals surface area contributed by atoms with E-state index >= 15 is 0 Å². The summed E-state index contributed by atoms with van der Waals surface area (Å²) in [6.07, 6.45) is 0. The molecular weight excluding hydrogens is 290 g/mol. The smallest absolute Gasteiger partial charge is 0.233 e. The van der Waals surface area contributed by atoms with E-state index in [0.29, 0.717) is 0 Å². The Morgan fingerprint density at radius 1 is 1.05 bits per heavy atom. The van der Waals surface area contributed by atoms with Crippen molar-refractivity contribution in [1.29, 1.82) is 0 Å². The van der Waals surface area contributed by atoms with Gasteiger partial charge in [0, 0.05) is 4.90 Å². The van der Waals surface area contributed by atoms with Crippen LogP contribution in [0.2, 0.25) is 0 Å². The fourth-order valence-corrected chi connectivity index (χ4v) is 3.37. The molecule has 0 radical (unpaired) electrons. The number of carbonyl (C=O) groups excluding carboxylic acids is 1. The average molecular weight is 313 g/mol. The van der Waals surface area contributed by atoms with Crippen LogP contribution in [0.25, 0.3) is 0 Å². The van der Waals surface area contributed by atoms with E-state index in [4.69, 9.17) is 0 Å². The Bertz CT molecular complexity index is 639. The lowest BCUT2D eigenvalue weighted by atomic mass is 10.0. The SMILES string of the molecule is Cc1ccc([C@H](C)NC(=O)[C@H](C)Sc2ccccc2)c(C)c1. The topological polar surface area (TPSA) is 29.1 Å². The van der Waals surface area contributed by atoms with E-state index in [1.807, 2.05) is 44.2 Å². The Morgan fingerprint density at radius 3 is 2.36 bits per heavy atom. The van der Waals surface area contributed by atoms with E-state index in [0.717, 1.165) is 4.90 Å². The molecule has 0 heterocycles. The number of rotatable bonds is 5. The Balaban J connectivity index is 1.98. The molecule has 0 aliphatic rings. The highest BCUT2D eigenvalue weighted by molar-refractivity contribution is 8.00. The molecule has 0 saturated carbocycles. The van der Waals surface area contributed by atoms with Gasteiger partial charge in [-0.15, -0.1) is 11.8 Å². The maximum atomic E-state index is 12.4. The zero-order valence-electron chi connectivity index (χ0n) is 13.6. The highest BCUT2D eigenvalue weighted by Gasteiger charge is 2.18. The van der Waals surface area contributed by atoms with Gasteiger partial charge in [-0.1, -0.05) is 42.0 Å². The second kappa shape index (κ2) is 7.50. The molecule has 0 aliphatic carbocycles. The molecule has 2 aromatic carbocycles. The van der Waals surface area contributed by atoms with Crippen LogP contribution in [0.15, 0.2) is 53.4 Å². The molecule has 22 heavy (non-hydrogen) atoms. The van der Waals surface area contributed by atoms with Crippen LogP contribution in [0.3, 0.4) is 0 Å². The van der Waals surface area contributed by atoms with Gasteiger partial charge < -0.3 is 5.32 Å². The fourth-order valence-electron chi connectivity index (χ4n) is 2.48. The first-order chi connectivity index (χ1) is 10.5. The van der Waals surface area contributed by atoms with Crippen molar-refractivity contribution in [3.8, 4) is 0 Å². The molecule has 2 aromatic rings. The zero-order chi connectivity index (χ0) is 16.1. The van der Waals surface area contributed by atoms with Gasteiger partial charge in [-0.05, 0) is 51.0 Å². The number of hydrogen-bond donors (Lipinski definition) is 1. The highest BCUT2D eigenvalue weighted by atomic mass is 32.2. The van der Waals surface area contributed by atoms with E-state index in [1.165, 1.54) is 16.7 Å². The first kappa shape index (κ1) is 16.6. The minimum Gasteiger partial charge on any atom is -0.349 e. The number of benzene rings is 2. The van der Waals surface area contributed by atoms with Gasteiger partial charge in [0.15, 0.2) is 0 Å². The van der Waals surface area contributed by atoms with Crippen molar-refractivity contribution in [3.63, 3.8) is 0 Å². The van der Waals surface area contributed by atoms with Crippen LogP contribution in [0.5, 0.6) is 0 Å². The molecule has 1 N–H and O–H groups in total. The maximum absolute atomic E-state index is 12.4. The third-order valence-corrected chi connectivity index (χ3v) is 4.79. The summed E-state index contributed by atoms with van der Waals surface area (Å²) in [5, 5.41) is 3.00. The van der Waals surface area contributed by atoms with Crippen LogP contribution in [-0.4, -0.2) is 11.2 Å². The van der Waals surface area contributed by atoms with Gasteiger partial charge in [0.05, 0.1) is 11.3 Å². The zero-order valence-corrected chi connectivity index (χ0v) is 14.4. The van der Waals surface area contributed by atoms with Crippen LogP contribution in [0.1, 0.15) is 36.6 Å². The van der Waals surface area contributed by atoms with Gasteiger partial charge in [0.25, 0.3) is 0 Å². The molecule has 0 fully saturated rings. The van der Waals surface area contributed by atoms with Gasteiger partial charge >= 0.3 is 0 Å². The summed E-state index contributed by atoms with van der Waals surface area (Å²) in [4.78, 5) is 13.5. The number of aryl methyl sites for hydroxylation is 2. The van der Waals surface area contributed by atoms with Crippen molar-refractivity contribution >= 4 is 17.7 Å². The van der Waals surface area contributed by atoms with E-state index < -0.39 is 0 Å². The maximum Gasteiger partial charge on any atom is 0.233 e. The van der Waals surface area contributed by atoms with E-state index in [1.54, 1.807) is 11.8 Å². The average Bonchev–Trinajstić information content (AvgIpc) is 2.47. The minimum atomic E-state index is -0.115. The molecule has 0 aliphatic heterocycles. The molecule has 116 valence electrons. The van der Waals surface area contributed by atoms with E-state index in [9.17, 15) is 4.79 Å². The summed E-state index contributed by atoms with van der Waals surface area (Å²) in [5.74, 6) is 0.0707. The van der Waals surface area contributed by atoms with Gasteiger partial charge in [-0.3, -0.25) is 4.79 Å². The van der Waals surface area contributed by atoms with Gasteiger partial charge in [0.1, 0.15) is 0 Å². The summed E-state index contributed by atoms with van der Waals surface area (Å²) >= 11 is 1.58. The predicted octanol–water partition coefficient (Wildman–Crippen LogP) is 4.66. The van der Waals surface area contributed by atoms with Crippen molar-refractivity contribution in [2.75, 3.05) is 0 Å². The second-order valence-electron chi connectivity index (χ2n) is 5.66. The lowest BCUT2D eigenvalue weighted by molar-refractivity contribution is -0.120. The van der Waals surface area contributed by atoms with Gasteiger partial charge in [0.2, 0.25) is 5.91 Å². The van der Waals surface area contributed by atoms with Crippen LogP contribution < -0.4 is 5.32 Å². The summed E-state index contributed by atoms with van der Waals surface area (Å²) < 4.78 is 0. The Hall–Kier alpha value is -1.74. The lowest BCUT2D eigenvalue weighted by Gasteiger charge is -2.19. The summed E-state index contributed by atoms with van der Waals surface area (Å²) in [6, 6.07) is 16.4. The van der Waals surface area contributed by atoms with E-state index in [2.05, 4.69) is 37.4 Å². The molecule has 0 bridgehead atoms. The summed E-state index contributed by atoms with van der Waals surface area (Å²) in [7, 11) is 0. The molecule has 0 spiro atoms. The first-order valence-corrected chi connectivity index (χ1v) is 8.44. The Kier molecular flexibility index (Phi) is 5.67. The molecule has 2 rings (SSSR count). The molecule has 3 heteroatoms. The standard InChI is InChI=1S/C19H23NOS/c1-13-10-11-18(14(2)12-13)15(3)20-19(21)16(4)22-17-8-6-5-7-9-17/h5-12,15-16H,1-4H3,(H,20,21)/t15-,16-/m0/s1. The number of amides is 1. The van der Waals surface area contributed by atoms with Crippen molar-refractivity contribution < 1.29 is 4.79 Å². The Morgan fingerprint density at radius 2 is 1.73 bits per heavy atom. The van der Waals surface area contributed by atoms with Crippen LogP contribution >= 0.6 is 11.8 Å². The number of hydrogen-bond acceptors (Lipinski definition) is 2. The van der Waals surface area contributed by atoms with Crippen LogP contribution in [0, 0.1) is 13.8 Å². The molecule has 1 amide bonds. The quantitative estimate of drug-likeness (QED) is 0.813. The summed E-state index contributed by atoms with van der Waals surface area (Å²) in [5.41, 5.74) is 3.64. The number of thioether (sulfide) groups is 1. The van der Waals surface area contributed by atoms with Crippen molar-refractivity contribution in [2.45, 2.75) is 43.9 Å². The largest absolute Gasteiger partial charge is 0.349 e. The third kappa shape index (κ3) is 4.38.